The van der Waals surface area contributed by atoms with E-state index in [0.29, 0.717) is 22.9 Å². The summed E-state index contributed by atoms with van der Waals surface area (Å²) in [5, 5.41) is 3.44. The number of methoxy groups -OCH3 is 1. The molecular formula is C37H42ClN3O5S. The second kappa shape index (κ2) is 16.0. The average Bonchev–Trinajstić information content (AvgIpc) is 3.07. The molecule has 0 aliphatic heterocycles. The lowest BCUT2D eigenvalue weighted by atomic mass is 10.0. The van der Waals surface area contributed by atoms with Gasteiger partial charge < -0.3 is 15.0 Å². The second-order valence-electron chi connectivity index (χ2n) is 11.6. The molecule has 248 valence electrons. The van der Waals surface area contributed by atoms with Crippen LogP contribution in [-0.4, -0.2) is 50.9 Å². The molecule has 0 radical (unpaired) electrons. The van der Waals surface area contributed by atoms with E-state index < -0.39 is 28.5 Å². The van der Waals surface area contributed by atoms with Crippen molar-refractivity contribution in [2.75, 3.05) is 18.0 Å². The fourth-order valence-electron chi connectivity index (χ4n) is 5.11. The third-order valence-corrected chi connectivity index (χ3v) is 10.3. The van der Waals surface area contributed by atoms with Gasteiger partial charge in [-0.25, -0.2) is 8.42 Å². The predicted octanol–water partition coefficient (Wildman–Crippen LogP) is 6.72. The Morgan fingerprint density at radius 1 is 0.872 bits per heavy atom. The molecule has 0 aliphatic carbocycles. The average molecular weight is 676 g/mol. The molecule has 0 saturated carbocycles. The van der Waals surface area contributed by atoms with E-state index in [4.69, 9.17) is 16.3 Å². The Hall–Kier alpha value is -4.34. The minimum absolute atomic E-state index is 0.0115. The zero-order valence-corrected chi connectivity index (χ0v) is 29.0. The highest BCUT2D eigenvalue weighted by molar-refractivity contribution is 7.92. The van der Waals surface area contributed by atoms with Gasteiger partial charge in [0.1, 0.15) is 18.3 Å². The second-order valence-corrected chi connectivity index (χ2v) is 13.9. The molecule has 4 rings (SSSR count). The van der Waals surface area contributed by atoms with E-state index in [0.717, 1.165) is 26.6 Å². The molecule has 4 aromatic rings. The molecule has 0 heterocycles. The van der Waals surface area contributed by atoms with E-state index in [-0.39, 0.29) is 29.8 Å². The third-order valence-electron chi connectivity index (χ3n) is 8.22. The first-order valence-corrected chi connectivity index (χ1v) is 17.4. The number of halogens is 1. The lowest BCUT2D eigenvalue weighted by Gasteiger charge is -2.34. The fourth-order valence-corrected chi connectivity index (χ4v) is 6.64. The molecule has 2 amide bonds. The molecule has 2 atom stereocenters. The van der Waals surface area contributed by atoms with Crippen molar-refractivity contribution in [3.8, 4) is 5.75 Å². The Morgan fingerprint density at radius 2 is 1.55 bits per heavy atom. The van der Waals surface area contributed by atoms with E-state index in [1.807, 2.05) is 76.2 Å². The molecule has 0 bridgehead atoms. The zero-order chi connectivity index (χ0) is 34.1. The van der Waals surface area contributed by atoms with Crippen molar-refractivity contribution in [1.82, 2.24) is 10.2 Å². The number of rotatable bonds is 14. The topological polar surface area (TPSA) is 96.0 Å². The summed E-state index contributed by atoms with van der Waals surface area (Å²) in [6.45, 7) is 7.20. The van der Waals surface area contributed by atoms with Gasteiger partial charge >= 0.3 is 0 Å². The quantitative estimate of drug-likeness (QED) is 0.160. The molecule has 10 heteroatoms. The first-order valence-electron chi connectivity index (χ1n) is 15.5. The Balaban J connectivity index is 1.83. The Bertz CT molecular complexity index is 1780. The zero-order valence-electron chi connectivity index (χ0n) is 27.4. The van der Waals surface area contributed by atoms with Gasteiger partial charge in [-0.3, -0.25) is 13.9 Å². The first kappa shape index (κ1) is 35.5. The van der Waals surface area contributed by atoms with Crippen LogP contribution in [0.2, 0.25) is 5.02 Å². The van der Waals surface area contributed by atoms with Crippen molar-refractivity contribution < 1.29 is 22.7 Å². The number of hydrogen-bond acceptors (Lipinski definition) is 5. The van der Waals surface area contributed by atoms with E-state index in [1.54, 1.807) is 31.4 Å². The molecule has 0 unspecified atom stereocenters. The van der Waals surface area contributed by atoms with Crippen LogP contribution in [0.15, 0.2) is 102 Å². The van der Waals surface area contributed by atoms with E-state index in [1.165, 1.54) is 29.2 Å². The van der Waals surface area contributed by atoms with Crippen LogP contribution >= 0.6 is 11.6 Å². The monoisotopic (exact) mass is 675 g/mol. The minimum Gasteiger partial charge on any atom is -0.497 e. The summed E-state index contributed by atoms with van der Waals surface area (Å²) in [5.74, 6) is -0.262. The van der Waals surface area contributed by atoms with Crippen LogP contribution in [-0.2, 0) is 32.6 Å². The molecule has 0 aliphatic rings. The van der Waals surface area contributed by atoms with Crippen molar-refractivity contribution in [2.45, 2.75) is 64.1 Å². The number of amides is 2. The van der Waals surface area contributed by atoms with Crippen LogP contribution in [0.4, 0.5) is 5.69 Å². The number of benzene rings is 4. The van der Waals surface area contributed by atoms with Gasteiger partial charge in [-0.1, -0.05) is 67.1 Å². The van der Waals surface area contributed by atoms with E-state index in [2.05, 4.69) is 5.32 Å². The van der Waals surface area contributed by atoms with Crippen LogP contribution in [0.25, 0.3) is 0 Å². The van der Waals surface area contributed by atoms with Gasteiger partial charge in [0, 0.05) is 24.0 Å². The largest absolute Gasteiger partial charge is 0.497 e. The number of ether oxygens (including phenoxy) is 1. The lowest BCUT2D eigenvalue weighted by molar-refractivity contribution is -0.140. The van der Waals surface area contributed by atoms with Gasteiger partial charge in [-0.05, 0) is 98.0 Å². The number of carbonyl (C=O) groups excluding carboxylic acids is 2. The SMILES string of the molecule is CC[C@@H](C)NC(=O)[C@H](Cc1ccccc1)N(Cc1cccc(OC)c1)C(=O)CN(c1ccc(C)c(C)c1)S(=O)(=O)c1ccc(Cl)cc1. The third kappa shape index (κ3) is 9.14. The highest BCUT2D eigenvalue weighted by Crippen LogP contribution is 2.28. The number of hydrogen-bond donors (Lipinski definition) is 1. The molecule has 8 nitrogen and oxygen atoms in total. The number of aryl methyl sites for hydroxylation is 2. The number of carbonyl (C=O) groups is 2. The summed E-state index contributed by atoms with van der Waals surface area (Å²) in [6, 6.07) is 26.8. The molecule has 1 N–H and O–H groups in total. The molecule has 0 spiro atoms. The summed E-state index contributed by atoms with van der Waals surface area (Å²) in [6.07, 6.45) is 0.930. The van der Waals surface area contributed by atoms with Crippen molar-refractivity contribution in [3.05, 3.63) is 124 Å². The fraction of sp³-hybridized carbons (Fsp3) is 0.297. The normalized spacial score (nSPS) is 12.6. The summed E-state index contributed by atoms with van der Waals surface area (Å²) in [4.78, 5) is 30.1. The van der Waals surface area contributed by atoms with Crippen LogP contribution in [0.5, 0.6) is 5.75 Å². The van der Waals surface area contributed by atoms with Crippen molar-refractivity contribution in [2.24, 2.45) is 0 Å². The maximum absolute atomic E-state index is 14.6. The maximum Gasteiger partial charge on any atom is 0.264 e. The molecule has 0 saturated heterocycles. The number of nitrogens with one attached hydrogen (secondary N) is 1. The van der Waals surface area contributed by atoms with Crippen LogP contribution < -0.4 is 14.4 Å². The number of anilines is 1. The van der Waals surface area contributed by atoms with Crippen LogP contribution in [0, 0.1) is 13.8 Å². The van der Waals surface area contributed by atoms with Gasteiger partial charge in [0.15, 0.2) is 0 Å². The Labute approximate surface area is 283 Å². The summed E-state index contributed by atoms with van der Waals surface area (Å²) < 4.78 is 35.0. The summed E-state index contributed by atoms with van der Waals surface area (Å²) in [5.41, 5.74) is 3.77. The smallest absolute Gasteiger partial charge is 0.264 e. The van der Waals surface area contributed by atoms with Crippen LogP contribution in [0.1, 0.15) is 42.5 Å². The van der Waals surface area contributed by atoms with Crippen molar-refractivity contribution in [1.29, 1.82) is 0 Å². The standard InChI is InChI=1S/C37H42ClN3O5S/c1-6-28(4)39-37(43)35(23-29-11-8-7-9-12-29)40(24-30-13-10-14-33(22-30)46-5)36(42)25-41(32-18-15-26(2)27(3)21-32)47(44,45)34-19-16-31(38)17-20-34/h7-22,28,35H,6,23-25H2,1-5H3,(H,39,43)/t28-,35+/m1/s1. The van der Waals surface area contributed by atoms with Crippen LogP contribution in [0.3, 0.4) is 0 Å². The van der Waals surface area contributed by atoms with Crippen molar-refractivity contribution in [3.63, 3.8) is 0 Å². The van der Waals surface area contributed by atoms with Gasteiger partial charge in [0.05, 0.1) is 17.7 Å². The highest BCUT2D eigenvalue weighted by atomic mass is 35.5. The Morgan fingerprint density at radius 3 is 2.19 bits per heavy atom. The van der Waals surface area contributed by atoms with Gasteiger partial charge in [-0.2, -0.15) is 0 Å². The van der Waals surface area contributed by atoms with Gasteiger partial charge in [0.2, 0.25) is 11.8 Å². The summed E-state index contributed by atoms with van der Waals surface area (Å²) >= 11 is 6.08. The van der Waals surface area contributed by atoms with E-state index >= 15 is 0 Å². The highest BCUT2D eigenvalue weighted by Gasteiger charge is 2.35. The van der Waals surface area contributed by atoms with Gasteiger partial charge in [-0.15, -0.1) is 0 Å². The van der Waals surface area contributed by atoms with Crippen molar-refractivity contribution >= 4 is 39.1 Å². The first-order chi connectivity index (χ1) is 22.4. The molecule has 4 aromatic carbocycles. The predicted molar refractivity (Wildman–Crippen MR) is 187 cm³/mol. The number of nitrogens with zero attached hydrogens (tertiary/aromatic N) is 2. The maximum atomic E-state index is 14.6. The van der Waals surface area contributed by atoms with E-state index in [9.17, 15) is 18.0 Å². The number of sulfonamides is 1. The summed E-state index contributed by atoms with van der Waals surface area (Å²) in [7, 11) is -2.68. The minimum atomic E-state index is -4.23. The molecule has 0 aromatic heterocycles. The molecule has 47 heavy (non-hydrogen) atoms. The van der Waals surface area contributed by atoms with Gasteiger partial charge in [0.25, 0.3) is 10.0 Å². The molecule has 0 fully saturated rings. The lowest BCUT2D eigenvalue weighted by Crippen LogP contribution is -2.54. The Kier molecular flexibility index (Phi) is 12.1. The molecular weight excluding hydrogens is 634 g/mol.